The van der Waals surface area contributed by atoms with Crippen LogP contribution in [-0.4, -0.2) is 45.9 Å². The van der Waals surface area contributed by atoms with Gasteiger partial charge >= 0.3 is 0 Å². The fourth-order valence-electron chi connectivity index (χ4n) is 3.33. The lowest BCUT2D eigenvalue weighted by atomic mass is 9.99. The van der Waals surface area contributed by atoms with Crippen molar-refractivity contribution in [3.05, 3.63) is 69.7 Å². The number of ether oxygens (including phenoxy) is 1. The average Bonchev–Trinajstić information content (AvgIpc) is 3.32. The number of aliphatic hydroxyl groups is 1. The third kappa shape index (κ3) is 4.25. The SMILES string of the molecule is CC(C)OCCCN1C(=O)C(=O)/C(=C(\O)c2cccc([N+](=O)[O-])c2)C1c1ccco1. The van der Waals surface area contributed by atoms with Crippen LogP contribution in [0.5, 0.6) is 0 Å². The summed E-state index contributed by atoms with van der Waals surface area (Å²) < 4.78 is 10.9. The van der Waals surface area contributed by atoms with E-state index in [2.05, 4.69) is 0 Å². The molecule has 0 saturated carbocycles. The van der Waals surface area contributed by atoms with Crippen LogP contribution in [0.2, 0.25) is 0 Å². The number of hydrogen-bond acceptors (Lipinski definition) is 7. The molecule has 30 heavy (non-hydrogen) atoms. The van der Waals surface area contributed by atoms with E-state index < -0.39 is 28.4 Å². The molecule has 1 atom stereocenters. The summed E-state index contributed by atoms with van der Waals surface area (Å²) in [6.07, 6.45) is 1.93. The molecule has 0 radical (unpaired) electrons. The molecule has 1 aromatic heterocycles. The van der Waals surface area contributed by atoms with Crippen molar-refractivity contribution in [2.75, 3.05) is 13.2 Å². The maximum Gasteiger partial charge on any atom is 0.295 e. The highest BCUT2D eigenvalue weighted by atomic mass is 16.6. The molecule has 1 saturated heterocycles. The fourth-order valence-corrected chi connectivity index (χ4v) is 3.33. The number of ketones is 1. The number of Topliss-reactive ketones (excluding diaryl/α,β-unsaturated/α-hetero) is 1. The summed E-state index contributed by atoms with van der Waals surface area (Å²) in [7, 11) is 0. The van der Waals surface area contributed by atoms with Gasteiger partial charge in [-0.05, 0) is 32.4 Å². The molecule has 1 fully saturated rings. The van der Waals surface area contributed by atoms with Crippen molar-refractivity contribution in [2.45, 2.75) is 32.4 Å². The maximum absolute atomic E-state index is 12.8. The Kier molecular flexibility index (Phi) is 6.31. The zero-order valence-electron chi connectivity index (χ0n) is 16.6. The Morgan fingerprint density at radius 3 is 2.70 bits per heavy atom. The van der Waals surface area contributed by atoms with Crippen molar-refractivity contribution in [1.82, 2.24) is 4.90 Å². The number of nitro benzene ring substituents is 1. The molecule has 1 aliphatic rings. The highest BCUT2D eigenvalue weighted by Gasteiger charge is 2.47. The molecule has 0 spiro atoms. The van der Waals surface area contributed by atoms with Crippen LogP contribution in [0.3, 0.4) is 0 Å². The van der Waals surface area contributed by atoms with E-state index in [1.165, 1.54) is 29.4 Å². The van der Waals surface area contributed by atoms with Gasteiger partial charge in [-0.15, -0.1) is 0 Å². The minimum absolute atomic E-state index is 0.0372. The first kappa shape index (κ1) is 21.3. The van der Waals surface area contributed by atoms with E-state index in [9.17, 15) is 24.8 Å². The van der Waals surface area contributed by atoms with E-state index in [4.69, 9.17) is 9.15 Å². The number of carbonyl (C=O) groups is 2. The second kappa shape index (κ2) is 8.91. The van der Waals surface area contributed by atoms with Crippen molar-refractivity contribution in [3.63, 3.8) is 0 Å². The molecule has 1 amide bonds. The Morgan fingerprint density at radius 2 is 2.07 bits per heavy atom. The van der Waals surface area contributed by atoms with Crippen molar-refractivity contribution in [1.29, 1.82) is 0 Å². The fraction of sp³-hybridized carbons (Fsp3) is 0.333. The first-order valence-electron chi connectivity index (χ1n) is 9.49. The molecule has 1 aromatic carbocycles. The van der Waals surface area contributed by atoms with Crippen molar-refractivity contribution >= 4 is 23.1 Å². The highest BCUT2D eigenvalue weighted by Crippen LogP contribution is 2.39. The molecule has 3 rings (SSSR count). The summed E-state index contributed by atoms with van der Waals surface area (Å²) in [5.74, 6) is -1.82. The van der Waals surface area contributed by atoms with Gasteiger partial charge in [0.2, 0.25) is 0 Å². The predicted octanol–water partition coefficient (Wildman–Crippen LogP) is 3.42. The second-order valence-corrected chi connectivity index (χ2v) is 7.09. The maximum atomic E-state index is 12.8. The van der Waals surface area contributed by atoms with Gasteiger partial charge in [0, 0.05) is 30.8 Å². The first-order chi connectivity index (χ1) is 14.3. The van der Waals surface area contributed by atoms with E-state index in [-0.39, 0.29) is 29.5 Å². The number of amides is 1. The Morgan fingerprint density at radius 1 is 1.30 bits per heavy atom. The average molecular weight is 414 g/mol. The number of rotatable bonds is 8. The standard InChI is InChI=1S/C21H22N2O7/c1-13(2)29-11-5-9-22-18(16-8-4-10-30-16)17(20(25)21(22)26)19(24)14-6-3-7-15(12-14)23(27)28/h3-4,6-8,10,12-13,18,24H,5,9,11H2,1-2H3/b19-17-. The number of aliphatic hydroxyl groups excluding tert-OH is 1. The van der Waals surface area contributed by atoms with Crippen molar-refractivity contribution in [2.24, 2.45) is 0 Å². The van der Waals surface area contributed by atoms with Crippen molar-refractivity contribution < 1.29 is 28.8 Å². The minimum atomic E-state index is -0.932. The molecular weight excluding hydrogens is 392 g/mol. The van der Waals surface area contributed by atoms with Crippen LogP contribution < -0.4 is 0 Å². The first-order valence-corrected chi connectivity index (χ1v) is 9.49. The normalized spacial score (nSPS) is 18.4. The predicted molar refractivity (Wildman–Crippen MR) is 107 cm³/mol. The molecule has 0 aliphatic carbocycles. The highest BCUT2D eigenvalue weighted by molar-refractivity contribution is 6.46. The summed E-state index contributed by atoms with van der Waals surface area (Å²) in [5.41, 5.74) is -0.337. The summed E-state index contributed by atoms with van der Waals surface area (Å²) in [5, 5.41) is 21.9. The third-order valence-electron chi connectivity index (χ3n) is 4.68. The molecule has 9 nitrogen and oxygen atoms in total. The van der Waals surface area contributed by atoms with E-state index in [0.717, 1.165) is 6.07 Å². The lowest BCUT2D eigenvalue weighted by Gasteiger charge is -2.23. The Labute approximate surface area is 172 Å². The number of carbonyl (C=O) groups excluding carboxylic acids is 2. The number of furan rings is 1. The van der Waals surface area contributed by atoms with E-state index in [1.807, 2.05) is 13.8 Å². The van der Waals surface area contributed by atoms with Gasteiger partial charge in [0.05, 0.1) is 22.9 Å². The molecule has 0 bridgehead atoms. The van der Waals surface area contributed by atoms with Crippen LogP contribution in [0, 0.1) is 10.1 Å². The van der Waals surface area contributed by atoms with Crippen LogP contribution in [0.25, 0.3) is 5.76 Å². The van der Waals surface area contributed by atoms with Gasteiger partial charge in [0.15, 0.2) is 0 Å². The van der Waals surface area contributed by atoms with E-state index >= 15 is 0 Å². The molecular formula is C21H22N2O7. The molecule has 158 valence electrons. The smallest absolute Gasteiger partial charge is 0.295 e. The molecule has 1 aliphatic heterocycles. The molecule has 2 heterocycles. The summed E-state index contributed by atoms with van der Waals surface area (Å²) in [6, 6.07) is 7.55. The van der Waals surface area contributed by atoms with Gasteiger partial charge in [-0.25, -0.2) is 0 Å². The quantitative estimate of drug-likeness (QED) is 0.175. The van der Waals surface area contributed by atoms with Crippen LogP contribution in [0.1, 0.15) is 37.6 Å². The zero-order chi connectivity index (χ0) is 21.8. The van der Waals surface area contributed by atoms with Crippen LogP contribution >= 0.6 is 0 Å². The van der Waals surface area contributed by atoms with Gasteiger partial charge in [0.25, 0.3) is 17.4 Å². The lowest BCUT2D eigenvalue weighted by Crippen LogP contribution is -2.31. The van der Waals surface area contributed by atoms with Crippen LogP contribution in [-0.2, 0) is 14.3 Å². The van der Waals surface area contributed by atoms with Gasteiger partial charge < -0.3 is 19.2 Å². The molecule has 1 unspecified atom stereocenters. The second-order valence-electron chi connectivity index (χ2n) is 7.09. The van der Waals surface area contributed by atoms with Crippen LogP contribution in [0.15, 0.2) is 52.7 Å². The Bertz CT molecular complexity index is 979. The number of hydrogen-bond donors (Lipinski definition) is 1. The molecule has 9 heteroatoms. The van der Waals surface area contributed by atoms with Crippen LogP contribution in [0.4, 0.5) is 5.69 Å². The van der Waals surface area contributed by atoms with E-state index in [1.54, 1.807) is 12.1 Å². The Balaban J connectivity index is 2.00. The van der Waals surface area contributed by atoms with Gasteiger partial charge in [0.1, 0.15) is 17.6 Å². The zero-order valence-corrected chi connectivity index (χ0v) is 16.6. The summed E-state index contributed by atoms with van der Waals surface area (Å²) >= 11 is 0. The number of non-ortho nitro benzene ring substituents is 1. The number of benzene rings is 1. The van der Waals surface area contributed by atoms with Crippen molar-refractivity contribution in [3.8, 4) is 0 Å². The third-order valence-corrected chi connectivity index (χ3v) is 4.68. The van der Waals surface area contributed by atoms with Gasteiger partial charge in [-0.2, -0.15) is 0 Å². The summed E-state index contributed by atoms with van der Waals surface area (Å²) in [4.78, 5) is 37.3. The largest absolute Gasteiger partial charge is 0.507 e. The minimum Gasteiger partial charge on any atom is -0.507 e. The number of nitrogens with zero attached hydrogens (tertiary/aromatic N) is 2. The van der Waals surface area contributed by atoms with Gasteiger partial charge in [-0.3, -0.25) is 19.7 Å². The molecule has 2 aromatic rings. The number of likely N-dealkylation sites (tertiary alicyclic amines) is 1. The monoisotopic (exact) mass is 414 g/mol. The topological polar surface area (TPSA) is 123 Å². The number of nitro groups is 1. The van der Waals surface area contributed by atoms with E-state index in [0.29, 0.717) is 18.8 Å². The Hall–Kier alpha value is -3.46. The lowest BCUT2D eigenvalue weighted by molar-refractivity contribution is -0.384. The molecule has 1 N–H and O–H groups in total. The van der Waals surface area contributed by atoms with Gasteiger partial charge in [-0.1, -0.05) is 12.1 Å². The summed E-state index contributed by atoms with van der Waals surface area (Å²) in [6.45, 7) is 4.41.